The molecule has 1 N–H and O–H groups in total. The van der Waals surface area contributed by atoms with Crippen molar-refractivity contribution in [2.45, 2.75) is 24.9 Å². The van der Waals surface area contributed by atoms with Gasteiger partial charge in [-0.25, -0.2) is 17.7 Å². The fourth-order valence-corrected chi connectivity index (χ4v) is 3.90. The number of methoxy groups -OCH3 is 1. The van der Waals surface area contributed by atoms with E-state index in [0.29, 0.717) is 24.6 Å². The smallest absolute Gasteiger partial charge is 0.242 e. The highest BCUT2D eigenvalue weighted by molar-refractivity contribution is 14.0. The van der Waals surface area contributed by atoms with Gasteiger partial charge in [0.25, 0.3) is 0 Å². The summed E-state index contributed by atoms with van der Waals surface area (Å²) in [6.45, 7) is 3.64. The molecule has 0 bridgehead atoms. The first-order chi connectivity index (χ1) is 13.8. The van der Waals surface area contributed by atoms with E-state index in [1.54, 1.807) is 25.3 Å². The summed E-state index contributed by atoms with van der Waals surface area (Å²) in [4.78, 5) is 6.96. The van der Waals surface area contributed by atoms with Crippen LogP contribution in [-0.4, -0.2) is 58.4 Å². The number of nitrogens with zero attached hydrogens (tertiary/aromatic N) is 3. The molecule has 0 saturated heterocycles. The highest BCUT2D eigenvalue weighted by Gasteiger charge is 2.20. The molecule has 30 heavy (non-hydrogen) atoms. The molecule has 7 nitrogen and oxygen atoms in total. The first-order valence-corrected chi connectivity index (χ1v) is 10.9. The van der Waals surface area contributed by atoms with Crippen LogP contribution in [0.5, 0.6) is 5.75 Å². The number of sulfonamides is 1. The van der Waals surface area contributed by atoms with E-state index in [4.69, 9.17) is 4.74 Å². The average molecular weight is 546 g/mol. The number of rotatable bonds is 8. The summed E-state index contributed by atoms with van der Waals surface area (Å²) in [5.41, 5.74) is 1.78. The van der Waals surface area contributed by atoms with Crippen LogP contribution >= 0.6 is 24.0 Å². The van der Waals surface area contributed by atoms with Gasteiger partial charge in [-0.1, -0.05) is 30.3 Å². The SMILES string of the molecule is CCNC(=NCc1ccccc1S(=O)(=O)N(C)C)N(C)Cc1ccc(OC)cc1.I. The lowest BCUT2D eigenvalue weighted by atomic mass is 10.2. The van der Waals surface area contributed by atoms with Gasteiger partial charge >= 0.3 is 0 Å². The number of nitrogens with one attached hydrogen (secondary N) is 1. The molecule has 9 heteroatoms. The topological polar surface area (TPSA) is 74.2 Å². The Morgan fingerprint density at radius 3 is 2.27 bits per heavy atom. The van der Waals surface area contributed by atoms with Crippen molar-refractivity contribution in [3.8, 4) is 5.75 Å². The third-order valence-electron chi connectivity index (χ3n) is 4.41. The zero-order valence-electron chi connectivity index (χ0n) is 18.1. The Labute approximate surface area is 197 Å². The van der Waals surface area contributed by atoms with Crippen molar-refractivity contribution < 1.29 is 13.2 Å². The van der Waals surface area contributed by atoms with E-state index in [1.165, 1.54) is 18.4 Å². The summed E-state index contributed by atoms with van der Waals surface area (Å²) >= 11 is 0. The summed E-state index contributed by atoms with van der Waals surface area (Å²) in [6.07, 6.45) is 0. The summed E-state index contributed by atoms with van der Waals surface area (Å²) in [7, 11) is 3.13. The summed E-state index contributed by atoms with van der Waals surface area (Å²) in [5, 5.41) is 3.27. The molecule has 2 aromatic rings. The molecule has 0 radical (unpaired) electrons. The fraction of sp³-hybridized carbons (Fsp3) is 0.381. The Kier molecular flexibility index (Phi) is 10.6. The van der Waals surface area contributed by atoms with Crippen LogP contribution in [0.3, 0.4) is 0 Å². The van der Waals surface area contributed by atoms with Crippen molar-refractivity contribution in [3.05, 3.63) is 59.7 Å². The minimum atomic E-state index is -3.52. The van der Waals surface area contributed by atoms with Gasteiger partial charge in [0.05, 0.1) is 18.6 Å². The van der Waals surface area contributed by atoms with E-state index in [9.17, 15) is 8.42 Å². The van der Waals surface area contributed by atoms with Gasteiger partial charge in [0.1, 0.15) is 5.75 Å². The molecule has 2 rings (SSSR count). The van der Waals surface area contributed by atoms with Gasteiger partial charge in [0.2, 0.25) is 10.0 Å². The van der Waals surface area contributed by atoms with Crippen LogP contribution < -0.4 is 10.1 Å². The Morgan fingerprint density at radius 1 is 1.07 bits per heavy atom. The highest BCUT2D eigenvalue weighted by atomic mass is 127. The first kappa shape index (κ1) is 26.2. The van der Waals surface area contributed by atoms with Gasteiger partial charge in [-0.2, -0.15) is 0 Å². The lowest BCUT2D eigenvalue weighted by Gasteiger charge is -2.22. The van der Waals surface area contributed by atoms with E-state index in [0.717, 1.165) is 11.3 Å². The summed E-state index contributed by atoms with van der Waals surface area (Å²) in [5.74, 6) is 1.52. The van der Waals surface area contributed by atoms with Gasteiger partial charge < -0.3 is 15.0 Å². The van der Waals surface area contributed by atoms with Crippen molar-refractivity contribution in [2.24, 2.45) is 4.99 Å². The molecule has 0 spiro atoms. The van der Waals surface area contributed by atoms with Gasteiger partial charge in [-0.15, -0.1) is 24.0 Å². The van der Waals surface area contributed by atoms with Crippen molar-refractivity contribution >= 4 is 40.0 Å². The minimum Gasteiger partial charge on any atom is -0.497 e. The zero-order chi connectivity index (χ0) is 21.4. The molecule has 0 unspecified atom stereocenters. The number of guanidine groups is 1. The fourth-order valence-electron chi connectivity index (χ4n) is 2.79. The van der Waals surface area contributed by atoms with E-state index in [2.05, 4.69) is 10.3 Å². The predicted molar refractivity (Wildman–Crippen MR) is 132 cm³/mol. The van der Waals surface area contributed by atoms with E-state index in [1.807, 2.05) is 49.2 Å². The van der Waals surface area contributed by atoms with Crippen LogP contribution in [0.4, 0.5) is 0 Å². The predicted octanol–water partition coefficient (Wildman–Crippen LogP) is 3.16. The van der Waals surface area contributed by atoms with Crippen LogP contribution in [-0.2, 0) is 23.1 Å². The molecule has 0 fully saturated rings. The molecular weight excluding hydrogens is 515 g/mol. The second-order valence-electron chi connectivity index (χ2n) is 6.77. The number of hydrogen-bond acceptors (Lipinski definition) is 4. The van der Waals surface area contributed by atoms with E-state index in [-0.39, 0.29) is 35.4 Å². The van der Waals surface area contributed by atoms with Crippen LogP contribution in [0.25, 0.3) is 0 Å². The molecule has 0 saturated carbocycles. The summed E-state index contributed by atoms with van der Waals surface area (Å²) in [6, 6.07) is 14.8. The second-order valence-corrected chi connectivity index (χ2v) is 8.89. The molecule has 0 aromatic heterocycles. The number of aliphatic imine (C=N–C) groups is 1. The van der Waals surface area contributed by atoms with Crippen LogP contribution in [0, 0.1) is 0 Å². The van der Waals surface area contributed by atoms with Crippen molar-refractivity contribution in [1.82, 2.24) is 14.5 Å². The molecule has 0 amide bonds. The van der Waals surface area contributed by atoms with Gasteiger partial charge in [0.15, 0.2) is 5.96 Å². The lowest BCUT2D eigenvalue weighted by molar-refractivity contribution is 0.414. The van der Waals surface area contributed by atoms with Crippen molar-refractivity contribution in [3.63, 3.8) is 0 Å². The van der Waals surface area contributed by atoms with Crippen LogP contribution in [0.15, 0.2) is 58.4 Å². The molecular formula is C21H31IN4O3S. The quantitative estimate of drug-likeness (QED) is 0.313. The van der Waals surface area contributed by atoms with Crippen molar-refractivity contribution in [1.29, 1.82) is 0 Å². The third kappa shape index (κ3) is 6.85. The Morgan fingerprint density at radius 2 is 1.70 bits per heavy atom. The van der Waals surface area contributed by atoms with Gasteiger partial charge in [-0.3, -0.25) is 0 Å². The Hall–Kier alpha value is -1.85. The molecule has 166 valence electrons. The Balaban J connectivity index is 0.00000450. The maximum atomic E-state index is 12.6. The van der Waals surface area contributed by atoms with Gasteiger partial charge in [0, 0.05) is 34.2 Å². The van der Waals surface area contributed by atoms with Crippen LogP contribution in [0.1, 0.15) is 18.1 Å². The zero-order valence-corrected chi connectivity index (χ0v) is 21.3. The average Bonchev–Trinajstić information content (AvgIpc) is 2.71. The first-order valence-electron chi connectivity index (χ1n) is 9.42. The number of ether oxygens (including phenoxy) is 1. The van der Waals surface area contributed by atoms with Crippen molar-refractivity contribution in [2.75, 3.05) is 34.8 Å². The number of benzene rings is 2. The van der Waals surface area contributed by atoms with Crippen LogP contribution in [0.2, 0.25) is 0 Å². The normalized spacial score (nSPS) is 11.7. The largest absolute Gasteiger partial charge is 0.497 e. The van der Waals surface area contributed by atoms with E-state index < -0.39 is 10.0 Å². The number of hydrogen-bond donors (Lipinski definition) is 1. The maximum Gasteiger partial charge on any atom is 0.242 e. The standard InChI is InChI=1S/C21H30N4O3S.HI/c1-6-22-21(25(4)16-17-11-13-19(28-5)14-12-17)23-15-18-9-7-8-10-20(18)29(26,27)24(2)3;/h7-14H,6,15-16H2,1-5H3,(H,22,23);1H. The highest BCUT2D eigenvalue weighted by Crippen LogP contribution is 2.19. The molecule has 0 aliphatic heterocycles. The third-order valence-corrected chi connectivity index (χ3v) is 6.32. The minimum absolute atomic E-state index is 0. The maximum absolute atomic E-state index is 12.6. The molecule has 0 heterocycles. The Bertz CT molecular complexity index is 932. The molecule has 0 aliphatic rings. The second kappa shape index (κ2) is 12.1. The number of halogens is 1. The van der Waals surface area contributed by atoms with Gasteiger partial charge in [-0.05, 0) is 36.2 Å². The molecule has 2 aromatic carbocycles. The summed E-state index contributed by atoms with van der Waals surface area (Å²) < 4.78 is 31.6. The lowest BCUT2D eigenvalue weighted by Crippen LogP contribution is -2.38. The van der Waals surface area contributed by atoms with E-state index >= 15 is 0 Å². The molecule has 0 atom stereocenters. The monoisotopic (exact) mass is 546 g/mol. The molecule has 0 aliphatic carbocycles.